The van der Waals surface area contributed by atoms with E-state index in [1.54, 1.807) is 22.4 Å². The molecule has 120 valence electrons. The number of piperidine rings is 1. The third kappa shape index (κ3) is 3.31. The third-order valence-corrected chi connectivity index (χ3v) is 3.89. The number of nitrogens with zero attached hydrogens (tertiary/aromatic N) is 4. The van der Waals surface area contributed by atoms with E-state index in [0.29, 0.717) is 17.6 Å². The number of hydrogen-bond donors (Lipinski definition) is 2. The average molecular weight is 325 g/mol. The summed E-state index contributed by atoms with van der Waals surface area (Å²) in [5.74, 6) is 1.52. The molecule has 0 aliphatic carbocycles. The fraction of sp³-hybridized carbons (Fsp3) is 0.500. The number of halogens is 1. The summed E-state index contributed by atoms with van der Waals surface area (Å²) in [7, 11) is 3.64. The van der Waals surface area contributed by atoms with Crippen molar-refractivity contribution in [2.75, 3.05) is 18.4 Å². The Bertz CT molecular complexity index is 644. The van der Waals surface area contributed by atoms with E-state index in [0.717, 1.165) is 31.8 Å². The van der Waals surface area contributed by atoms with Crippen LogP contribution in [0.3, 0.4) is 0 Å². The molecule has 0 aromatic carbocycles. The number of amides is 1. The molecule has 0 radical (unpaired) electrons. The first kappa shape index (κ1) is 16.5. The molecule has 3 heterocycles. The first-order valence-corrected chi connectivity index (χ1v) is 7.19. The SMILES string of the molecule is Cl.Cn1cccc1C(=O)Nc1nc(C2CCNCC2)nn1C. The molecule has 1 amide bonds. The lowest BCUT2D eigenvalue weighted by molar-refractivity contribution is 0.101. The zero-order valence-electron chi connectivity index (χ0n) is 12.7. The van der Waals surface area contributed by atoms with Crippen LogP contribution >= 0.6 is 12.4 Å². The first-order chi connectivity index (χ1) is 10.1. The van der Waals surface area contributed by atoms with Crippen molar-refractivity contribution in [3.05, 3.63) is 29.8 Å². The van der Waals surface area contributed by atoms with Gasteiger partial charge in [0.25, 0.3) is 5.91 Å². The van der Waals surface area contributed by atoms with Crippen LogP contribution in [0.25, 0.3) is 0 Å². The van der Waals surface area contributed by atoms with Crippen LogP contribution in [0.5, 0.6) is 0 Å². The molecule has 0 atom stereocenters. The first-order valence-electron chi connectivity index (χ1n) is 7.19. The smallest absolute Gasteiger partial charge is 0.274 e. The number of carbonyl (C=O) groups is 1. The van der Waals surface area contributed by atoms with Crippen LogP contribution in [-0.4, -0.2) is 38.3 Å². The summed E-state index contributed by atoms with van der Waals surface area (Å²) in [6.45, 7) is 1.99. The van der Waals surface area contributed by atoms with Gasteiger partial charge in [0.05, 0.1) is 0 Å². The number of aromatic nitrogens is 4. The molecule has 1 aliphatic heterocycles. The Morgan fingerprint density at radius 1 is 1.36 bits per heavy atom. The second-order valence-corrected chi connectivity index (χ2v) is 5.40. The second kappa shape index (κ2) is 6.93. The number of anilines is 1. The minimum Gasteiger partial charge on any atom is -0.347 e. The standard InChI is InChI=1S/C14H20N6O.ClH/c1-19-9-3-4-11(19)13(21)17-14-16-12(18-20(14)2)10-5-7-15-8-6-10;/h3-4,9-10,15H,5-8H2,1-2H3,(H,16,17,18,21);1H. The molecule has 0 saturated carbocycles. The van der Waals surface area contributed by atoms with E-state index in [-0.39, 0.29) is 18.3 Å². The molecule has 0 bridgehead atoms. The van der Waals surface area contributed by atoms with Crippen molar-refractivity contribution in [3.63, 3.8) is 0 Å². The molecule has 1 saturated heterocycles. The molecule has 0 unspecified atom stereocenters. The molecule has 3 rings (SSSR count). The van der Waals surface area contributed by atoms with Gasteiger partial charge in [-0.3, -0.25) is 10.1 Å². The van der Waals surface area contributed by atoms with Gasteiger partial charge in [0.15, 0.2) is 5.82 Å². The summed E-state index contributed by atoms with van der Waals surface area (Å²) in [5, 5.41) is 10.6. The Labute approximate surface area is 135 Å². The molecule has 2 aromatic heterocycles. The molecule has 0 spiro atoms. The molecule has 2 aromatic rings. The maximum Gasteiger partial charge on any atom is 0.274 e. The lowest BCUT2D eigenvalue weighted by Crippen LogP contribution is -2.27. The number of nitrogens with one attached hydrogen (secondary N) is 2. The fourth-order valence-electron chi connectivity index (χ4n) is 2.63. The number of carbonyl (C=O) groups excluding carboxylic acids is 1. The number of rotatable bonds is 3. The highest BCUT2D eigenvalue weighted by atomic mass is 35.5. The van der Waals surface area contributed by atoms with E-state index in [1.807, 2.05) is 19.3 Å². The van der Waals surface area contributed by atoms with Gasteiger partial charge in [0.2, 0.25) is 5.95 Å². The van der Waals surface area contributed by atoms with E-state index in [4.69, 9.17) is 0 Å². The van der Waals surface area contributed by atoms with E-state index in [1.165, 1.54) is 0 Å². The maximum atomic E-state index is 12.2. The summed E-state index contributed by atoms with van der Waals surface area (Å²) >= 11 is 0. The van der Waals surface area contributed by atoms with E-state index >= 15 is 0 Å². The van der Waals surface area contributed by atoms with Crippen LogP contribution in [0, 0.1) is 0 Å². The van der Waals surface area contributed by atoms with Gasteiger partial charge in [0.1, 0.15) is 5.69 Å². The molecule has 7 nitrogen and oxygen atoms in total. The highest BCUT2D eigenvalue weighted by Gasteiger charge is 2.21. The lowest BCUT2D eigenvalue weighted by Gasteiger charge is -2.19. The molecule has 1 aliphatic rings. The normalized spacial score (nSPS) is 15.4. The Morgan fingerprint density at radius 3 is 2.73 bits per heavy atom. The summed E-state index contributed by atoms with van der Waals surface area (Å²) < 4.78 is 3.41. The third-order valence-electron chi connectivity index (χ3n) is 3.89. The van der Waals surface area contributed by atoms with E-state index < -0.39 is 0 Å². The van der Waals surface area contributed by atoms with Crippen molar-refractivity contribution in [2.45, 2.75) is 18.8 Å². The molecule has 2 N–H and O–H groups in total. The topological polar surface area (TPSA) is 76.8 Å². The number of aryl methyl sites for hydroxylation is 2. The predicted molar refractivity (Wildman–Crippen MR) is 86.5 cm³/mol. The van der Waals surface area contributed by atoms with Crippen LogP contribution in [0.15, 0.2) is 18.3 Å². The molecular weight excluding hydrogens is 304 g/mol. The zero-order valence-corrected chi connectivity index (χ0v) is 13.6. The predicted octanol–water partition coefficient (Wildman–Crippen LogP) is 1.29. The maximum absolute atomic E-state index is 12.2. The van der Waals surface area contributed by atoms with Crippen molar-refractivity contribution in [3.8, 4) is 0 Å². The van der Waals surface area contributed by atoms with Crippen LogP contribution in [-0.2, 0) is 14.1 Å². The Morgan fingerprint density at radius 2 is 2.09 bits per heavy atom. The summed E-state index contributed by atoms with van der Waals surface area (Å²) in [6.07, 6.45) is 3.91. The van der Waals surface area contributed by atoms with Gasteiger partial charge in [-0.25, -0.2) is 4.68 Å². The van der Waals surface area contributed by atoms with E-state index in [9.17, 15) is 4.79 Å². The minimum absolute atomic E-state index is 0. The Balaban J connectivity index is 0.00000176. The number of hydrogen-bond acceptors (Lipinski definition) is 4. The highest BCUT2D eigenvalue weighted by molar-refractivity contribution is 6.02. The molecule has 22 heavy (non-hydrogen) atoms. The van der Waals surface area contributed by atoms with Crippen LogP contribution in [0.1, 0.15) is 35.1 Å². The molecular formula is C14H21ClN6O. The Kier molecular flexibility index (Phi) is 5.20. The second-order valence-electron chi connectivity index (χ2n) is 5.40. The van der Waals surface area contributed by atoms with Crippen molar-refractivity contribution in [1.82, 2.24) is 24.6 Å². The zero-order chi connectivity index (χ0) is 14.8. The summed E-state index contributed by atoms with van der Waals surface area (Å²) in [6, 6.07) is 3.62. The van der Waals surface area contributed by atoms with Gasteiger partial charge in [-0.15, -0.1) is 12.4 Å². The highest BCUT2D eigenvalue weighted by Crippen LogP contribution is 2.23. The van der Waals surface area contributed by atoms with Gasteiger partial charge in [-0.1, -0.05) is 0 Å². The Hall–Kier alpha value is -1.86. The molecule has 8 heteroatoms. The van der Waals surface area contributed by atoms with Crippen molar-refractivity contribution >= 4 is 24.3 Å². The van der Waals surface area contributed by atoms with Gasteiger partial charge >= 0.3 is 0 Å². The van der Waals surface area contributed by atoms with Crippen molar-refractivity contribution < 1.29 is 4.79 Å². The lowest BCUT2D eigenvalue weighted by atomic mass is 9.98. The van der Waals surface area contributed by atoms with E-state index in [2.05, 4.69) is 20.7 Å². The van der Waals surface area contributed by atoms with Gasteiger partial charge in [-0.05, 0) is 38.1 Å². The largest absolute Gasteiger partial charge is 0.347 e. The van der Waals surface area contributed by atoms with Gasteiger partial charge in [-0.2, -0.15) is 10.1 Å². The summed E-state index contributed by atoms with van der Waals surface area (Å²) in [4.78, 5) is 16.7. The van der Waals surface area contributed by atoms with Gasteiger partial charge in [0, 0.05) is 26.2 Å². The van der Waals surface area contributed by atoms with Crippen molar-refractivity contribution in [2.24, 2.45) is 14.1 Å². The van der Waals surface area contributed by atoms with Crippen LogP contribution in [0.4, 0.5) is 5.95 Å². The van der Waals surface area contributed by atoms with Crippen LogP contribution < -0.4 is 10.6 Å². The summed E-state index contributed by atoms with van der Waals surface area (Å²) in [5.41, 5.74) is 0.599. The van der Waals surface area contributed by atoms with Crippen LogP contribution in [0.2, 0.25) is 0 Å². The minimum atomic E-state index is -0.171. The average Bonchev–Trinajstić information content (AvgIpc) is 3.07. The monoisotopic (exact) mass is 324 g/mol. The quantitative estimate of drug-likeness (QED) is 0.892. The fourth-order valence-corrected chi connectivity index (χ4v) is 2.63. The van der Waals surface area contributed by atoms with Crippen molar-refractivity contribution in [1.29, 1.82) is 0 Å². The molecule has 1 fully saturated rings. The van der Waals surface area contributed by atoms with Gasteiger partial charge < -0.3 is 9.88 Å².